The fourth-order valence-corrected chi connectivity index (χ4v) is 4.22. The Hall–Kier alpha value is -1.75. The van der Waals surface area contributed by atoms with Gasteiger partial charge in [0.15, 0.2) is 0 Å². The Balaban J connectivity index is 1.73. The second-order valence-electron chi connectivity index (χ2n) is 5.79. The van der Waals surface area contributed by atoms with Gasteiger partial charge in [0.1, 0.15) is 17.3 Å². The van der Waals surface area contributed by atoms with E-state index < -0.39 is 0 Å². The molecule has 1 saturated heterocycles. The summed E-state index contributed by atoms with van der Waals surface area (Å²) in [5, 5.41) is 0.0983. The largest absolute Gasteiger partial charge is 0.466 e. The van der Waals surface area contributed by atoms with Crippen LogP contribution < -0.4 is 0 Å². The third-order valence-corrected chi connectivity index (χ3v) is 5.46. The number of hydrogen-bond acceptors (Lipinski definition) is 3. The summed E-state index contributed by atoms with van der Waals surface area (Å²) in [6.07, 6.45) is 0.757. The number of nitrogens with zero attached hydrogens (tertiary/aromatic N) is 1. The number of halogens is 1. The van der Waals surface area contributed by atoms with Crippen molar-refractivity contribution in [3.63, 3.8) is 0 Å². The number of carbonyl (C=O) groups excluding carboxylic acids is 1. The van der Waals surface area contributed by atoms with Crippen LogP contribution in [0.15, 0.2) is 34.7 Å². The standard InChI is InChI=1S/C18H20FNO2S/c1-12-11-15(13(2)22-12)18(21)20-8-7-17(23-10-9-20)14-5-3-4-6-16(14)19/h3-6,11,17H,7-10H2,1-2H3/t17-/m0/s1. The van der Waals surface area contributed by atoms with E-state index in [1.165, 1.54) is 6.07 Å². The highest BCUT2D eigenvalue weighted by atomic mass is 32.2. The van der Waals surface area contributed by atoms with E-state index in [0.29, 0.717) is 24.4 Å². The van der Waals surface area contributed by atoms with Crippen molar-refractivity contribution in [2.75, 3.05) is 18.8 Å². The van der Waals surface area contributed by atoms with E-state index in [0.717, 1.165) is 23.5 Å². The normalized spacial score (nSPS) is 18.7. The molecule has 3 rings (SSSR count). The quantitative estimate of drug-likeness (QED) is 0.819. The summed E-state index contributed by atoms with van der Waals surface area (Å²) < 4.78 is 19.4. The van der Waals surface area contributed by atoms with Gasteiger partial charge < -0.3 is 9.32 Å². The summed E-state index contributed by atoms with van der Waals surface area (Å²) in [6, 6.07) is 8.71. The molecule has 1 aromatic carbocycles. The molecule has 122 valence electrons. The zero-order chi connectivity index (χ0) is 16.4. The van der Waals surface area contributed by atoms with Crippen LogP contribution in [0.25, 0.3) is 0 Å². The molecule has 2 heterocycles. The first kappa shape index (κ1) is 16.1. The van der Waals surface area contributed by atoms with Crippen LogP contribution >= 0.6 is 11.8 Å². The van der Waals surface area contributed by atoms with Gasteiger partial charge >= 0.3 is 0 Å². The summed E-state index contributed by atoms with van der Waals surface area (Å²) in [4.78, 5) is 14.5. The van der Waals surface area contributed by atoms with E-state index in [1.807, 2.05) is 30.9 Å². The molecule has 1 aliphatic rings. The molecule has 0 bridgehead atoms. The van der Waals surface area contributed by atoms with Crippen LogP contribution in [0.2, 0.25) is 0 Å². The van der Waals surface area contributed by atoms with Crippen molar-refractivity contribution >= 4 is 17.7 Å². The molecule has 5 heteroatoms. The van der Waals surface area contributed by atoms with Gasteiger partial charge in [0.2, 0.25) is 0 Å². The summed E-state index contributed by atoms with van der Waals surface area (Å²) >= 11 is 1.72. The SMILES string of the molecule is Cc1cc(C(=O)N2CCS[C@H](c3ccccc3F)CC2)c(C)o1. The summed E-state index contributed by atoms with van der Waals surface area (Å²) in [5.41, 5.74) is 1.37. The van der Waals surface area contributed by atoms with Crippen LogP contribution in [-0.4, -0.2) is 29.6 Å². The number of rotatable bonds is 2. The highest BCUT2D eigenvalue weighted by Gasteiger charge is 2.26. The number of carbonyl (C=O) groups is 1. The Labute approximate surface area is 139 Å². The van der Waals surface area contributed by atoms with Gasteiger partial charge in [-0.1, -0.05) is 18.2 Å². The number of amides is 1. The van der Waals surface area contributed by atoms with Crippen LogP contribution in [-0.2, 0) is 0 Å². The van der Waals surface area contributed by atoms with Crippen LogP contribution in [0.3, 0.4) is 0 Å². The van der Waals surface area contributed by atoms with Gasteiger partial charge in [-0.05, 0) is 32.4 Å². The van der Waals surface area contributed by atoms with Crippen LogP contribution in [0.1, 0.15) is 39.1 Å². The molecule has 1 atom stereocenters. The van der Waals surface area contributed by atoms with E-state index >= 15 is 0 Å². The van der Waals surface area contributed by atoms with E-state index in [1.54, 1.807) is 23.9 Å². The number of benzene rings is 1. The molecule has 1 fully saturated rings. The molecule has 0 radical (unpaired) electrons. The number of thioether (sulfide) groups is 1. The first-order valence-electron chi connectivity index (χ1n) is 7.78. The molecule has 23 heavy (non-hydrogen) atoms. The number of furan rings is 1. The van der Waals surface area contributed by atoms with Crippen LogP contribution in [0, 0.1) is 19.7 Å². The minimum absolute atomic E-state index is 0.00846. The number of hydrogen-bond donors (Lipinski definition) is 0. The van der Waals surface area contributed by atoms with Gasteiger partial charge in [-0.2, -0.15) is 11.8 Å². The maximum absolute atomic E-state index is 14.0. The van der Waals surface area contributed by atoms with Crippen molar-refractivity contribution < 1.29 is 13.6 Å². The predicted octanol–water partition coefficient (Wildman–Crippen LogP) is 4.36. The second-order valence-corrected chi connectivity index (χ2v) is 7.10. The lowest BCUT2D eigenvalue weighted by molar-refractivity contribution is 0.0765. The first-order valence-corrected chi connectivity index (χ1v) is 8.83. The second kappa shape index (κ2) is 6.79. The van der Waals surface area contributed by atoms with Gasteiger partial charge in [-0.3, -0.25) is 4.79 Å². The van der Waals surface area contributed by atoms with Gasteiger partial charge in [-0.15, -0.1) is 0 Å². The molecule has 0 aliphatic carbocycles. The molecule has 0 saturated carbocycles. The highest BCUT2D eigenvalue weighted by Crippen LogP contribution is 2.36. The maximum Gasteiger partial charge on any atom is 0.257 e. The van der Waals surface area contributed by atoms with Gasteiger partial charge in [0.05, 0.1) is 5.56 Å². The molecule has 3 nitrogen and oxygen atoms in total. The lowest BCUT2D eigenvalue weighted by atomic mass is 10.1. The van der Waals surface area contributed by atoms with Crippen LogP contribution in [0.5, 0.6) is 0 Å². The molecule has 2 aromatic rings. The monoisotopic (exact) mass is 333 g/mol. The lowest BCUT2D eigenvalue weighted by Gasteiger charge is -2.20. The smallest absolute Gasteiger partial charge is 0.257 e. The van der Waals surface area contributed by atoms with E-state index in [-0.39, 0.29) is 17.0 Å². The van der Waals surface area contributed by atoms with E-state index in [9.17, 15) is 9.18 Å². The Morgan fingerprint density at radius 1 is 1.30 bits per heavy atom. The molecular formula is C18H20FNO2S. The van der Waals surface area contributed by atoms with Crippen LogP contribution in [0.4, 0.5) is 4.39 Å². The molecule has 0 N–H and O–H groups in total. The molecule has 1 aromatic heterocycles. The minimum atomic E-state index is -0.161. The van der Waals surface area contributed by atoms with Crippen molar-refractivity contribution in [3.8, 4) is 0 Å². The Bertz CT molecular complexity index is 713. The first-order chi connectivity index (χ1) is 11.1. The van der Waals surface area contributed by atoms with Gasteiger partial charge in [0.25, 0.3) is 5.91 Å². The minimum Gasteiger partial charge on any atom is -0.466 e. The predicted molar refractivity (Wildman–Crippen MR) is 90.3 cm³/mol. The topological polar surface area (TPSA) is 33.5 Å². The Morgan fingerprint density at radius 2 is 2.09 bits per heavy atom. The molecule has 0 spiro atoms. The molecular weight excluding hydrogens is 313 g/mol. The summed E-state index contributed by atoms with van der Waals surface area (Å²) in [6.45, 7) is 4.97. The summed E-state index contributed by atoms with van der Waals surface area (Å²) in [5.74, 6) is 2.07. The van der Waals surface area contributed by atoms with E-state index in [4.69, 9.17) is 4.42 Å². The maximum atomic E-state index is 14.0. The van der Waals surface area contributed by atoms with Crippen molar-refractivity contribution in [2.24, 2.45) is 0 Å². The Kier molecular flexibility index (Phi) is 4.76. The lowest BCUT2D eigenvalue weighted by Crippen LogP contribution is -2.33. The third-order valence-electron chi connectivity index (χ3n) is 4.15. The summed E-state index contributed by atoms with van der Waals surface area (Å²) in [7, 11) is 0. The van der Waals surface area contributed by atoms with E-state index in [2.05, 4.69) is 0 Å². The molecule has 1 amide bonds. The van der Waals surface area contributed by atoms with Crippen molar-refractivity contribution in [1.29, 1.82) is 0 Å². The zero-order valence-electron chi connectivity index (χ0n) is 13.3. The highest BCUT2D eigenvalue weighted by molar-refractivity contribution is 7.99. The third kappa shape index (κ3) is 3.44. The van der Waals surface area contributed by atoms with Crippen molar-refractivity contribution in [3.05, 3.63) is 58.8 Å². The van der Waals surface area contributed by atoms with Gasteiger partial charge in [-0.25, -0.2) is 4.39 Å². The fourth-order valence-electron chi connectivity index (χ4n) is 2.97. The average molecular weight is 333 g/mol. The fraction of sp³-hybridized carbons (Fsp3) is 0.389. The number of aryl methyl sites for hydroxylation is 2. The van der Waals surface area contributed by atoms with Crippen molar-refractivity contribution in [1.82, 2.24) is 4.90 Å². The Morgan fingerprint density at radius 3 is 2.78 bits per heavy atom. The van der Waals surface area contributed by atoms with Gasteiger partial charge in [0, 0.05) is 29.7 Å². The van der Waals surface area contributed by atoms with Crippen molar-refractivity contribution in [2.45, 2.75) is 25.5 Å². The average Bonchev–Trinajstić information content (AvgIpc) is 2.74. The molecule has 1 aliphatic heterocycles. The molecule has 0 unspecified atom stereocenters. The zero-order valence-corrected chi connectivity index (χ0v) is 14.2.